The fourth-order valence-corrected chi connectivity index (χ4v) is 2.50. The van der Waals surface area contributed by atoms with E-state index in [0.29, 0.717) is 12.2 Å². The highest BCUT2D eigenvalue weighted by Crippen LogP contribution is 2.12. The van der Waals surface area contributed by atoms with E-state index in [9.17, 15) is 9.59 Å². The molecule has 3 aromatic rings. The standard InChI is InChI=1S/C20H19N3O2/c1-2-15-9-6-10-17(13-15)21-20(25)18-11-12-19(24)23(22-18)14-16-7-4-3-5-8-16/h3-13H,2,14H2,1H3,(H,21,25). The molecule has 1 heterocycles. The Morgan fingerprint density at radius 1 is 1.00 bits per heavy atom. The van der Waals surface area contributed by atoms with Gasteiger partial charge in [0.25, 0.3) is 11.5 Å². The zero-order valence-corrected chi connectivity index (χ0v) is 14.0. The number of anilines is 1. The first-order valence-corrected chi connectivity index (χ1v) is 8.18. The summed E-state index contributed by atoms with van der Waals surface area (Å²) in [6.45, 7) is 2.38. The van der Waals surface area contributed by atoms with E-state index in [1.54, 1.807) is 0 Å². The Bertz CT molecular complexity index is 933. The zero-order valence-electron chi connectivity index (χ0n) is 14.0. The van der Waals surface area contributed by atoms with Crippen LogP contribution < -0.4 is 10.9 Å². The molecule has 3 rings (SSSR count). The molecule has 1 N–H and O–H groups in total. The van der Waals surface area contributed by atoms with Crippen molar-refractivity contribution in [3.8, 4) is 0 Å². The summed E-state index contributed by atoms with van der Waals surface area (Å²) < 4.78 is 1.30. The lowest BCUT2D eigenvalue weighted by molar-refractivity contribution is 0.102. The van der Waals surface area contributed by atoms with Gasteiger partial charge in [0.2, 0.25) is 0 Å². The SMILES string of the molecule is CCc1cccc(NC(=O)c2ccc(=O)n(Cc3ccccc3)n2)c1. The highest BCUT2D eigenvalue weighted by Gasteiger charge is 2.10. The van der Waals surface area contributed by atoms with Gasteiger partial charge in [0.1, 0.15) is 5.69 Å². The van der Waals surface area contributed by atoms with Crippen LogP contribution in [0.4, 0.5) is 5.69 Å². The third-order valence-corrected chi connectivity index (χ3v) is 3.87. The Balaban J connectivity index is 1.81. The summed E-state index contributed by atoms with van der Waals surface area (Å²) in [5.41, 5.74) is 2.77. The van der Waals surface area contributed by atoms with Crippen LogP contribution in [0.15, 0.2) is 71.5 Å². The number of carbonyl (C=O) groups excluding carboxylic acids is 1. The topological polar surface area (TPSA) is 64.0 Å². The number of aryl methyl sites for hydroxylation is 1. The number of aromatic nitrogens is 2. The Kier molecular flexibility index (Phi) is 5.04. The first kappa shape index (κ1) is 16.6. The fourth-order valence-electron chi connectivity index (χ4n) is 2.50. The molecule has 0 unspecified atom stereocenters. The third kappa shape index (κ3) is 4.20. The molecule has 1 amide bonds. The number of carbonyl (C=O) groups is 1. The van der Waals surface area contributed by atoms with Crippen LogP contribution in [0.1, 0.15) is 28.5 Å². The minimum absolute atomic E-state index is 0.206. The van der Waals surface area contributed by atoms with Crippen LogP contribution in [-0.4, -0.2) is 15.7 Å². The second-order valence-corrected chi connectivity index (χ2v) is 5.71. The van der Waals surface area contributed by atoms with Crippen LogP contribution in [0, 0.1) is 0 Å². The van der Waals surface area contributed by atoms with Crippen molar-refractivity contribution >= 4 is 11.6 Å². The van der Waals surface area contributed by atoms with Crippen molar-refractivity contribution in [2.24, 2.45) is 0 Å². The first-order chi connectivity index (χ1) is 12.2. The van der Waals surface area contributed by atoms with Crippen LogP contribution in [0.3, 0.4) is 0 Å². The summed E-state index contributed by atoms with van der Waals surface area (Å²) in [6, 6.07) is 20.0. The lowest BCUT2D eigenvalue weighted by atomic mass is 10.1. The first-order valence-electron chi connectivity index (χ1n) is 8.18. The zero-order chi connectivity index (χ0) is 17.6. The molecule has 5 heteroatoms. The Hall–Kier alpha value is -3.21. The van der Waals surface area contributed by atoms with Crippen LogP contribution in [0.5, 0.6) is 0 Å². The molecule has 1 aromatic heterocycles. The minimum atomic E-state index is -0.338. The van der Waals surface area contributed by atoms with E-state index < -0.39 is 0 Å². The van der Waals surface area contributed by atoms with Gasteiger partial charge in [-0.3, -0.25) is 9.59 Å². The molecule has 0 radical (unpaired) electrons. The van der Waals surface area contributed by atoms with E-state index in [-0.39, 0.29) is 17.2 Å². The molecule has 0 aliphatic rings. The third-order valence-electron chi connectivity index (χ3n) is 3.87. The molecule has 0 fully saturated rings. The maximum atomic E-state index is 12.4. The molecule has 0 atom stereocenters. The van der Waals surface area contributed by atoms with Crippen LogP contribution in [0.25, 0.3) is 0 Å². The van der Waals surface area contributed by atoms with Gasteiger partial charge in [0, 0.05) is 11.8 Å². The molecule has 0 aliphatic heterocycles. The summed E-state index contributed by atoms with van der Waals surface area (Å²) >= 11 is 0. The van der Waals surface area contributed by atoms with E-state index >= 15 is 0 Å². The average Bonchev–Trinajstić information content (AvgIpc) is 2.64. The highest BCUT2D eigenvalue weighted by atomic mass is 16.2. The Morgan fingerprint density at radius 2 is 1.76 bits per heavy atom. The van der Waals surface area contributed by atoms with Gasteiger partial charge in [0.05, 0.1) is 6.54 Å². The fraction of sp³-hybridized carbons (Fsp3) is 0.150. The van der Waals surface area contributed by atoms with Gasteiger partial charge in [-0.05, 0) is 35.7 Å². The van der Waals surface area contributed by atoms with Crippen molar-refractivity contribution in [2.45, 2.75) is 19.9 Å². The van der Waals surface area contributed by atoms with E-state index in [2.05, 4.69) is 17.3 Å². The van der Waals surface area contributed by atoms with E-state index in [4.69, 9.17) is 0 Å². The van der Waals surface area contributed by atoms with E-state index in [0.717, 1.165) is 17.5 Å². The molecule has 0 saturated heterocycles. The second kappa shape index (κ2) is 7.57. The van der Waals surface area contributed by atoms with E-state index in [1.807, 2.05) is 54.6 Å². The predicted molar refractivity (Wildman–Crippen MR) is 97.8 cm³/mol. The summed E-state index contributed by atoms with van der Waals surface area (Å²) in [5.74, 6) is -0.338. The Morgan fingerprint density at radius 3 is 2.52 bits per heavy atom. The maximum absolute atomic E-state index is 12.4. The molecular weight excluding hydrogens is 314 g/mol. The quantitative estimate of drug-likeness (QED) is 0.780. The summed E-state index contributed by atoms with van der Waals surface area (Å²) in [4.78, 5) is 24.4. The van der Waals surface area contributed by atoms with Crippen molar-refractivity contribution < 1.29 is 4.79 Å². The lowest BCUT2D eigenvalue weighted by Gasteiger charge is -2.09. The number of nitrogens with one attached hydrogen (secondary N) is 1. The smallest absolute Gasteiger partial charge is 0.276 e. The van der Waals surface area contributed by atoms with E-state index in [1.165, 1.54) is 16.8 Å². The Labute approximate surface area is 145 Å². The van der Waals surface area contributed by atoms with Gasteiger partial charge < -0.3 is 5.32 Å². The van der Waals surface area contributed by atoms with Crippen LogP contribution in [-0.2, 0) is 13.0 Å². The summed E-state index contributed by atoms with van der Waals surface area (Å²) in [7, 11) is 0. The summed E-state index contributed by atoms with van der Waals surface area (Å²) in [6.07, 6.45) is 0.893. The lowest BCUT2D eigenvalue weighted by Crippen LogP contribution is -2.26. The summed E-state index contributed by atoms with van der Waals surface area (Å²) in [5, 5.41) is 7.03. The van der Waals surface area contributed by atoms with Gasteiger partial charge >= 0.3 is 0 Å². The number of nitrogens with zero attached hydrogens (tertiary/aromatic N) is 2. The van der Waals surface area contributed by atoms with Crippen LogP contribution >= 0.6 is 0 Å². The van der Waals surface area contributed by atoms with Crippen molar-refractivity contribution in [1.29, 1.82) is 0 Å². The van der Waals surface area contributed by atoms with Crippen molar-refractivity contribution in [1.82, 2.24) is 9.78 Å². The minimum Gasteiger partial charge on any atom is -0.321 e. The van der Waals surface area contributed by atoms with Gasteiger partial charge in [-0.25, -0.2) is 4.68 Å². The largest absolute Gasteiger partial charge is 0.321 e. The van der Waals surface area contributed by atoms with Crippen molar-refractivity contribution in [2.75, 3.05) is 5.32 Å². The predicted octanol–water partition coefficient (Wildman–Crippen LogP) is 3.11. The number of rotatable bonds is 5. The molecule has 126 valence electrons. The van der Waals surface area contributed by atoms with Crippen molar-refractivity contribution in [3.05, 3.63) is 93.9 Å². The van der Waals surface area contributed by atoms with Gasteiger partial charge in [-0.15, -0.1) is 0 Å². The highest BCUT2D eigenvalue weighted by molar-refractivity contribution is 6.02. The number of hydrogen-bond acceptors (Lipinski definition) is 3. The molecule has 25 heavy (non-hydrogen) atoms. The van der Waals surface area contributed by atoms with Gasteiger partial charge in [0.15, 0.2) is 0 Å². The van der Waals surface area contributed by atoms with Crippen molar-refractivity contribution in [3.63, 3.8) is 0 Å². The molecule has 0 bridgehead atoms. The molecule has 0 spiro atoms. The molecule has 0 saturated carbocycles. The molecule has 5 nitrogen and oxygen atoms in total. The average molecular weight is 333 g/mol. The number of amides is 1. The molecule has 2 aromatic carbocycles. The monoisotopic (exact) mass is 333 g/mol. The second-order valence-electron chi connectivity index (χ2n) is 5.71. The molecule has 0 aliphatic carbocycles. The van der Waals surface area contributed by atoms with Gasteiger partial charge in [-0.1, -0.05) is 49.4 Å². The van der Waals surface area contributed by atoms with Crippen LogP contribution in [0.2, 0.25) is 0 Å². The maximum Gasteiger partial charge on any atom is 0.276 e. The normalized spacial score (nSPS) is 10.4. The molecular formula is C20H19N3O2. The van der Waals surface area contributed by atoms with Gasteiger partial charge in [-0.2, -0.15) is 5.10 Å². The number of benzene rings is 2. The number of hydrogen-bond donors (Lipinski definition) is 1.